The van der Waals surface area contributed by atoms with Gasteiger partial charge in [0.1, 0.15) is 5.75 Å². The average molecular weight is 239 g/mol. The van der Waals surface area contributed by atoms with Crippen molar-refractivity contribution in [1.29, 1.82) is 0 Å². The van der Waals surface area contributed by atoms with E-state index in [0.717, 1.165) is 16.7 Å². The highest BCUT2D eigenvalue weighted by Crippen LogP contribution is 2.19. The molecule has 0 radical (unpaired) electrons. The van der Waals surface area contributed by atoms with Crippen LogP contribution in [-0.4, -0.2) is 17.1 Å². The minimum Gasteiger partial charge on any atom is -0.497 e. The minimum absolute atomic E-state index is 0.602. The number of benzene rings is 1. The quantitative estimate of drug-likeness (QED) is 0.716. The van der Waals surface area contributed by atoms with Crippen LogP contribution in [0.5, 0.6) is 5.75 Å². The topological polar surface area (TPSA) is 35.0 Å². The van der Waals surface area contributed by atoms with Gasteiger partial charge in [0.05, 0.1) is 12.6 Å². The zero-order valence-electron chi connectivity index (χ0n) is 6.99. The molecule has 0 bridgehead atoms. The number of hydrogen-bond donors (Lipinski definition) is 0. The van der Waals surface area contributed by atoms with Crippen molar-refractivity contribution in [2.45, 2.75) is 0 Å². The summed E-state index contributed by atoms with van der Waals surface area (Å²) in [5.74, 6) is 0.818. The Morgan fingerprint density at radius 1 is 1.38 bits per heavy atom. The molecular weight excluding hydrogens is 232 g/mol. The monoisotopic (exact) mass is 238 g/mol. The van der Waals surface area contributed by atoms with Gasteiger partial charge in [0.15, 0.2) is 4.73 Å². The van der Waals surface area contributed by atoms with Gasteiger partial charge < -0.3 is 4.74 Å². The number of aromatic nitrogens is 2. The Kier molecular flexibility index (Phi) is 2.14. The van der Waals surface area contributed by atoms with Gasteiger partial charge in [-0.3, -0.25) is 0 Å². The second-order valence-electron chi connectivity index (χ2n) is 2.56. The van der Waals surface area contributed by atoms with E-state index in [9.17, 15) is 0 Å². The maximum atomic E-state index is 5.09. The lowest BCUT2D eigenvalue weighted by atomic mass is 10.2. The summed E-state index contributed by atoms with van der Waals surface area (Å²) in [5, 5.41) is 0.975. The van der Waals surface area contributed by atoms with E-state index in [2.05, 4.69) is 25.9 Å². The van der Waals surface area contributed by atoms with Crippen molar-refractivity contribution in [1.82, 2.24) is 9.97 Å². The predicted octanol–water partition coefficient (Wildman–Crippen LogP) is 2.40. The lowest BCUT2D eigenvalue weighted by molar-refractivity contribution is 0.415. The zero-order valence-corrected chi connectivity index (χ0v) is 8.58. The Morgan fingerprint density at radius 3 is 3.00 bits per heavy atom. The SMILES string of the molecule is COc1ccc2nc(Br)ncc2c1. The van der Waals surface area contributed by atoms with Crippen molar-refractivity contribution in [3.63, 3.8) is 0 Å². The third kappa shape index (κ3) is 1.62. The van der Waals surface area contributed by atoms with Crippen molar-refractivity contribution < 1.29 is 4.74 Å². The van der Waals surface area contributed by atoms with Crippen LogP contribution in [0.2, 0.25) is 0 Å². The first-order valence-electron chi connectivity index (χ1n) is 3.76. The summed E-state index contributed by atoms with van der Waals surface area (Å²) < 4.78 is 5.69. The Balaban J connectivity index is 2.66. The fourth-order valence-corrected chi connectivity index (χ4v) is 1.41. The highest BCUT2D eigenvalue weighted by atomic mass is 79.9. The van der Waals surface area contributed by atoms with Crippen LogP contribution in [0.15, 0.2) is 29.1 Å². The van der Waals surface area contributed by atoms with Crippen LogP contribution < -0.4 is 4.74 Å². The van der Waals surface area contributed by atoms with Gasteiger partial charge in [-0.15, -0.1) is 0 Å². The number of hydrogen-bond acceptors (Lipinski definition) is 3. The molecule has 0 atom stereocenters. The molecule has 3 nitrogen and oxygen atoms in total. The molecule has 0 aliphatic heterocycles. The summed E-state index contributed by atoms with van der Waals surface area (Å²) in [6.07, 6.45) is 1.76. The highest BCUT2D eigenvalue weighted by Gasteiger charge is 1.98. The summed E-state index contributed by atoms with van der Waals surface area (Å²) in [6.45, 7) is 0. The van der Waals surface area contributed by atoms with Crippen LogP contribution in [0.3, 0.4) is 0 Å². The van der Waals surface area contributed by atoms with E-state index in [1.165, 1.54) is 0 Å². The lowest BCUT2D eigenvalue weighted by Crippen LogP contribution is -1.86. The first-order chi connectivity index (χ1) is 6.29. The molecule has 13 heavy (non-hydrogen) atoms. The van der Waals surface area contributed by atoms with Gasteiger partial charge >= 0.3 is 0 Å². The summed E-state index contributed by atoms with van der Waals surface area (Å²) in [5.41, 5.74) is 0.905. The molecule has 1 heterocycles. The predicted molar refractivity (Wildman–Crippen MR) is 53.8 cm³/mol. The van der Waals surface area contributed by atoms with Crippen LogP contribution in [0, 0.1) is 0 Å². The Labute approximate surface area is 83.9 Å². The molecule has 0 aliphatic carbocycles. The van der Waals surface area contributed by atoms with Crippen LogP contribution in [0.4, 0.5) is 0 Å². The second-order valence-corrected chi connectivity index (χ2v) is 3.27. The molecule has 2 aromatic rings. The number of halogens is 1. The first-order valence-corrected chi connectivity index (χ1v) is 4.55. The smallest absolute Gasteiger partial charge is 0.197 e. The van der Waals surface area contributed by atoms with Crippen LogP contribution in [-0.2, 0) is 0 Å². The molecule has 0 N–H and O–H groups in total. The zero-order chi connectivity index (χ0) is 9.26. The third-order valence-electron chi connectivity index (χ3n) is 1.76. The molecule has 0 amide bonds. The number of fused-ring (bicyclic) bond motifs is 1. The molecular formula is C9H7BrN2O. The van der Waals surface area contributed by atoms with Crippen molar-refractivity contribution >= 4 is 26.8 Å². The van der Waals surface area contributed by atoms with Crippen molar-refractivity contribution in [3.05, 3.63) is 29.1 Å². The molecule has 2 rings (SSSR count). The normalized spacial score (nSPS) is 10.3. The molecule has 0 saturated heterocycles. The van der Waals surface area contributed by atoms with Gasteiger partial charge in [-0.1, -0.05) is 0 Å². The summed E-state index contributed by atoms with van der Waals surface area (Å²) in [4.78, 5) is 8.23. The molecule has 0 unspecified atom stereocenters. The van der Waals surface area contributed by atoms with E-state index in [0.29, 0.717) is 4.73 Å². The number of nitrogens with zero attached hydrogens (tertiary/aromatic N) is 2. The van der Waals surface area contributed by atoms with Gasteiger partial charge in [-0.25, -0.2) is 9.97 Å². The van der Waals surface area contributed by atoms with E-state index in [1.54, 1.807) is 13.3 Å². The Morgan fingerprint density at radius 2 is 2.23 bits per heavy atom. The first kappa shape index (κ1) is 8.44. The van der Waals surface area contributed by atoms with Gasteiger partial charge in [-0.05, 0) is 34.1 Å². The molecule has 0 fully saturated rings. The van der Waals surface area contributed by atoms with Gasteiger partial charge in [-0.2, -0.15) is 0 Å². The molecule has 4 heteroatoms. The lowest BCUT2D eigenvalue weighted by Gasteiger charge is -2.00. The molecule has 66 valence electrons. The van der Waals surface area contributed by atoms with E-state index in [-0.39, 0.29) is 0 Å². The second kappa shape index (κ2) is 3.30. The van der Waals surface area contributed by atoms with E-state index in [4.69, 9.17) is 4.74 Å². The van der Waals surface area contributed by atoms with Crippen molar-refractivity contribution in [2.24, 2.45) is 0 Å². The minimum atomic E-state index is 0.602. The van der Waals surface area contributed by atoms with Crippen LogP contribution >= 0.6 is 15.9 Å². The fraction of sp³-hybridized carbons (Fsp3) is 0.111. The average Bonchev–Trinajstić information content (AvgIpc) is 2.17. The van der Waals surface area contributed by atoms with E-state index < -0.39 is 0 Å². The Bertz CT molecular complexity index is 445. The van der Waals surface area contributed by atoms with Crippen LogP contribution in [0.25, 0.3) is 10.9 Å². The molecule has 1 aromatic heterocycles. The fourth-order valence-electron chi connectivity index (χ4n) is 1.12. The molecule has 0 saturated carbocycles. The number of ether oxygens (including phenoxy) is 1. The molecule has 1 aromatic carbocycles. The van der Waals surface area contributed by atoms with E-state index in [1.807, 2.05) is 18.2 Å². The van der Waals surface area contributed by atoms with Crippen molar-refractivity contribution in [3.8, 4) is 5.75 Å². The van der Waals surface area contributed by atoms with Gasteiger partial charge in [0.25, 0.3) is 0 Å². The summed E-state index contributed by atoms with van der Waals surface area (Å²) >= 11 is 3.21. The maximum Gasteiger partial charge on any atom is 0.197 e. The maximum absolute atomic E-state index is 5.09. The third-order valence-corrected chi connectivity index (χ3v) is 2.14. The summed E-state index contributed by atoms with van der Waals surface area (Å²) in [7, 11) is 1.64. The molecule has 0 aliphatic rings. The van der Waals surface area contributed by atoms with Crippen LogP contribution in [0.1, 0.15) is 0 Å². The molecule has 0 spiro atoms. The van der Waals surface area contributed by atoms with Crippen molar-refractivity contribution in [2.75, 3.05) is 7.11 Å². The number of methoxy groups -OCH3 is 1. The van der Waals surface area contributed by atoms with Gasteiger partial charge in [0, 0.05) is 11.6 Å². The standard InChI is InChI=1S/C9H7BrN2O/c1-13-7-2-3-8-6(4-7)5-11-9(10)12-8/h2-5H,1H3. The van der Waals surface area contributed by atoms with Gasteiger partial charge in [0.2, 0.25) is 0 Å². The number of rotatable bonds is 1. The van der Waals surface area contributed by atoms with E-state index >= 15 is 0 Å². The Hall–Kier alpha value is -1.16. The highest BCUT2D eigenvalue weighted by molar-refractivity contribution is 9.10. The summed E-state index contributed by atoms with van der Waals surface area (Å²) in [6, 6.07) is 5.68. The largest absolute Gasteiger partial charge is 0.497 e.